The van der Waals surface area contributed by atoms with Crippen LogP contribution in [0, 0.1) is 0 Å². The van der Waals surface area contributed by atoms with Gasteiger partial charge in [0.1, 0.15) is 5.58 Å². The van der Waals surface area contributed by atoms with Gasteiger partial charge in [-0.2, -0.15) is 0 Å². The molecule has 1 aromatic heterocycles. The second kappa shape index (κ2) is 6.92. The van der Waals surface area contributed by atoms with Crippen LogP contribution in [0.1, 0.15) is 5.56 Å². The van der Waals surface area contributed by atoms with E-state index in [0.29, 0.717) is 16.5 Å². The van der Waals surface area contributed by atoms with E-state index < -0.39 is 15.6 Å². The summed E-state index contributed by atoms with van der Waals surface area (Å²) in [6, 6.07) is 19.0. The number of rotatable bonds is 4. The fourth-order valence-corrected chi connectivity index (χ4v) is 4.24. The second-order valence-electron chi connectivity index (χ2n) is 6.03. The van der Waals surface area contributed by atoms with E-state index in [1.54, 1.807) is 12.1 Å². The molecule has 7 heteroatoms. The van der Waals surface area contributed by atoms with Crippen LogP contribution in [0.5, 0.6) is 0 Å². The number of hydrogen-bond acceptors (Lipinski definition) is 4. The van der Waals surface area contributed by atoms with E-state index in [1.807, 2.05) is 36.4 Å². The zero-order valence-corrected chi connectivity index (χ0v) is 16.4. The summed E-state index contributed by atoms with van der Waals surface area (Å²) in [5.74, 6) is 0. The molecule has 0 aliphatic rings. The Hall–Kier alpha value is -2.48. The van der Waals surface area contributed by atoms with Crippen LogP contribution in [-0.4, -0.2) is 8.42 Å². The average Bonchev–Trinajstić information content (AvgIpc) is 2.66. The van der Waals surface area contributed by atoms with Gasteiger partial charge in [0.05, 0.1) is 4.90 Å². The first-order valence-electron chi connectivity index (χ1n) is 8.14. The van der Waals surface area contributed by atoms with Gasteiger partial charge in [-0.15, -0.1) is 0 Å². The molecule has 0 amide bonds. The van der Waals surface area contributed by atoms with Crippen molar-refractivity contribution in [3.63, 3.8) is 0 Å². The summed E-state index contributed by atoms with van der Waals surface area (Å²) in [7, 11) is -3.70. The zero-order chi connectivity index (χ0) is 19.0. The molecule has 0 radical (unpaired) electrons. The fourth-order valence-electron chi connectivity index (χ4n) is 2.97. The molecule has 0 bridgehead atoms. The number of nitrogens with one attached hydrogen (secondary N) is 1. The molecule has 0 aliphatic heterocycles. The molecule has 0 unspecified atom stereocenters. The maximum atomic E-state index is 12.5. The predicted molar refractivity (Wildman–Crippen MR) is 108 cm³/mol. The first-order valence-corrected chi connectivity index (χ1v) is 10.4. The Balaban J connectivity index is 1.75. The van der Waals surface area contributed by atoms with Crippen LogP contribution < -0.4 is 10.3 Å². The number of benzene rings is 3. The average molecular weight is 444 g/mol. The van der Waals surface area contributed by atoms with Gasteiger partial charge in [-0.25, -0.2) is 17.9 Å². The largest absolute Gasteiger partial charge is 0.422 e. The molecule has 3 aromatic carbocycles. The molecule has 0 fully saturated rings. The molecule has 0 saturated heterocycles. The molecule has 27 heavy (non-hydrogen) atoms. The van der Waals surface area contributed by atoms with Crippen LogP contribution >= 0.6 is 15.9 Å². The summed E-state index contributed by atoms with van der Waals surface area (Å²) in [6.45, 7) is -0.0150. The number of sulfonamides is 1. The van der Waals surface area contributed by atoms with E-state index >= 15 is 0 Å². The third-order valence-corrected chi connectivity index (χ3v) is 6.24. The smallest absolute Gasteiger partial charge is 0.336 e. The molecule has 1 N–H and O–H groups in total. The van der Waals surface area contributed by atoms with Crippen LogP contribution in [0.15, 0.2) is 85.3 Å². The van der Waals surface area contributed by atoms with E-state index in [4.69, 9.17) is 4.42 Å². The van der Waals surface area contributed by atoms with Gasteiger partial charge >= 0.3 is 5.63 Å². The first kappa shape index (κ1) is 17.9. The van der Waals surface area contributed by atoms with Gasteiger partial charge in [-0.3, -0.25) is 0 Å². The van der Waals surface area contributed by atoms with Crippen molar-refractivity contribution in [3.8, 4) is 0 Å². The molecule has 0 atom stereocenters. The quantitative estimate of drug-likeness (QED) is 0.379. The summed E-state index contributed by atoms with van der Waals surface area (Å²) < 4.78 is 33.8. The van der Waals surface area contributed by atoms with Crippen LogP contribution in [-0.2, 0) is 16.6 Å². The van der Waals surface area contributed by atoms with Crippen molar-refractivity contribution in [2.24, 2.45) is 0 Å². The van der Waals surface area contributed by atoms with Gasteiger partial charge < -0.3 is 4.42 Å². The molecule has 4 rings (SSSR count). The summed E-state index contributed by atoms with van der Waals surface area (Å²) in [4.78, 5) is 12.2. The monoisotopic (exact) mass is 443 g/mol. The molecule has 0 saturated carbocycles. The van der Waals surface area contributed by atoms with Gasteiger partial charge in [-0.05, 0) is 35.2 Å². The van der Waals surface area contributed by atoms with Crippen molar-refractivity contribution < 1.29 is 12.8 Å². The number of halogens is 1. The minimum Gasteiger partial charge on any atom is -0.422 e. The SMILES string of the molecule is O=c1cc(CNS(=O)(=O)c2ccc(Br)cc2)c2ccc3ccccc3c2o1. The molecule has 0 aliphatic carbocycles. The van der Waals surface area contributed by atoms with Gasteiger partial charge in [-0.1, -0.05) is 52.3 Å². The minimum atomic E-state index is -3.70. The molecule has 4 aromatic rings. The lowest BCUT2D eigenvalue weighted by atomic mass is 10.0. The highest BCUT2D eigenvalue weighted by molar-refractivity contribution is 9.10. The van der Waals surface area contributed by atoms with Crippen molar-refractivity contribution in [2.75, 3.05) is 0 Å². The highest BCUT2D eigenvalue weighted by Gasteiger charge is 2.15. The van der Waals surface area contributed by atoms with E-state index in [0.717, 1.165) is 15.2 Å². The Kier molecular flexibility index (Phi) is 4.59. The first-order chi connectivity index (χ1) is 12.9. The number of hydrogen-bond donors (Lipinski definition) is 1. The molecule has 0 spiro atoms. The maximum Gasteiger partial charge on any atom is 0.336 e. The Bertz CT molecular complexity index is 1310. The standard InChI is InChI=1S/C20H14BrNO4S/c21-15-6-8-16(9-7-15)27(24,25)22-12-14-11-19(23)26-20-17-4-2-1-3-13(17)5-10-18(14)20/h1-11,22H,12H2. The normalized spacial score (nSPS) is 11.9. The Morgan fingerprint density at radius 1 is 0.926 bits per heavy atom. The number of fused-ring (bicyclic) bond motifs is 3. The third-order valence-electron chi connectivity index (χ3n) is 4.30. The van der Waals surface area contributed by atoms with Crippen LogP contribution in [0.4, 0.5) is 0 Å². The highest BCUT2D eigenvalue weighted by atomic mass is 79.9. The summed E-state index contributed by atoms with van der Waals surface area (Å²) in [6.07, 6.45) is 0. The molecule has 1 heterocycles. The molecule has 136 valence electrons. The van der Waals surface area contributed by atoms with E-state index in [1.165, 1.54) is 18.2 Å². The second-order valence-corrected chi connectivity index (χ2v) is 8.72. The Morgan fingerprint density at radius 2 is 1.67 bits per heavy atom. The zero-order valence-electron chi connectivity index (χ0n) is 14.0. The van der Waals surface area contributed by atoms with Crippen molar-refractivity contribution in [1.82, 2.24) is 4.72 Å². The van der Waals surface area contributed by atoms with Crippen molar-refractivity contribution in [2.45, 2.75) is 11.4 Å². The van der Waals surface area contributed by atoms with Crippen LogP contribution in [0.3, 0.4) is 0 Å². The topological polar surface area (TPSA) is 76.4 Å². The van der Waals surface area contributed by atoms with Gasteiger partial charge in [0.25, 0.3) is 0 Å². The van der Waals surface area contributed by atoms with E-state index in [9.17, 15) is 13.2 Å². The summed E-state index contributed by atoms with van der Waals surface area (Å²) in [5.41, 5.74) is 0.503. The van der Waals surface area contributed by atoms with Crippen molar-refractivity contribution >= 4 is 47.7 Å². The summed E-state index contributed by atoms with van der Waals surface area (Å²) >= 11 is 3.28. The maximum absolute atomic E-state index is 12.5. The Morgan fingerprint density at radius 3 is 2.44 bits per heavy atom. The Labute approximate surface area is 163 Å². The predicted octanol–water partition coefficient (Wildman–Crippen LogP) is 4.19. The van der Waals surface area contributed by atoms with Crippen LogP contribution in [0.2, 0.25) is 0 Å². The minimum absolute atomic E-state index is 0.0150. The van der Waals surface area contributed by atoms with E-state index in [2.05, 4.69) is 20.7 Å². The fraction of sp³-hybridized carbons (Fsp3) is 0.0500. The molecular formula is C20H14BrNO4S. The van der Waals surface area contributed by atoms with Gasteiger partial charge in [0, 0.05) is 27.9 Å². The van der Waals surface area contributed by atoms with Crippen molar-refractivity contribution in [1.29, 1.82) is 0 Å². The lowest BCUT2D eigenvalue weighted by molar-refractivity contribution is 0.559. The highest BCUT2D eigenvalue weighted by Crippen LogP contribution is 2.26. The lowest BCUT2D eigenvalue weighted by Gasteiger charge is -2.10. The lowest BCUT2D eigenvalue weighted by Crippen LogP contribution is -2.23. The third kappa shape index (κ3) is 3.53. The molecule has 5 nitrogen and oxygen atoms in total. The van der Waals surface area contributed by atoms with Gasteiger partial charge in [0.2, 0.25) is 10.0 Å². The van der Waals surface area contributed by atoms with Crippen molar-refractivity contribution in [3.05, 3.63) is 87.2 Å². The summed E-state index contributed by atoms with van der Waals surface area (Å²) in [5, 5.41) is 2.46. The molecular weight excluding hydrogens is 430 g/mol. The van der Waals surface area contributed by atoms with Gasteiger partial charge in [0.15, 0.2) is 0 Å². The van der Waals surface area contributed by atoms with Crippen LogP contribution in [0.25, 0.3) is 21.7 Å². The van der Waals surface area contributed by atoms with E-state index in [-0.39, 0.29) is 11.4 Å².